The van der Waals surface area contributed by atoms with Crippen LogP contribution in [0.2, 0.25) is 0 Å². The molecule has 0 unspecified atom stereocenters. The van der Waals surface area contributed by atoms with Crippen molar-refractivity contribution in [3.05, 3.63) is 52.9 Å². The van der Waals surface area contributed by atoms with Crippen molar-refractivity contribution in [1.29, 1.82) is 0 Å². The zero-order valence-electron chi connectivity index (χ0n) is 15.9. The summed E-state index contributed by atoms with van der Waals surface area (Å²) in [4.78, 5) is 25.2. The molecule has 29 heavy (non-hydrogen) atoms. The first kappa shape index (κ1) is 21.4. The molecule has 1 atom stereocenters. The van der Waals surface area contributed by atoms with Crippen LogP contribution in [0.4, 0.5) is 0 Å². The smallest absolute Gasteiger partial charge is 0.333 e. The Morgan fingerprint density at radius 2 is 1.86 bits per heavy atom. The lowest BCUT2D eigenvalue weighted by molar-refractivity contribution is -0.145. The van der Waals surface area contributed by atoms with E-state index in [2.05, 4.69) is 5.32 Å². The zero-order valence-corrected chi connectivity index (χ0v) is 17.5. The molecule has 1 aromatic carbocycles. The van der Waals surface area contributed by atoms with Crippen molar-refractivity contribution in [2.45, 2.75) is 16.7 Å². The van der Waals surface area contributed by atoms with Gasteiger partial charge in [-0.3, -0.25) is 4.79 Å². The number of thiophene rings is 1. The summed E-state index contributed by atoms with van der Waals surface area (Å²) >= 11 is 1.05. The molecule has 1 amide bonds. The number of amides is 1. The van der Waals surface area contributed by atoms with Gasteiger partial charge in [0.05, 0.1) is 26.7 Å². The van der Waals surface area contributed by atoms with Crippen LogP contribution in [0.25, 0.3) is 0 Å². The van der Waals surface area contributed by atoms with Gasteiger partial charge in [-0.25, -0.2) is 13.2 Å². The maximum atomic E-state index is 12.7. The summed E-state index contributed by atoms with van der Waals surface area (Å²) in [5, 5.41) is 2.66. The number of carbonyl (C=O) groups excluding carboxylic acids is 2. The molecule has 0 aliphatic carbocycles. The monoisotopic (exact) mass is 438 g/mol. The minimum Gasteiger partial charge on any atom is -0.467 e. The molecule has 0 spiro atoms. The number of methoxy groups -OCH3 is 1. The number of hydrogen-bond donors (Lipinski definition) is 1. The van der Waals surface area contributed by atoms with Gasteiger partial charge in [-0.15, -0.1) is 11.3 Å². The molecule has 0 bridgehead atoms. The third kappa shape index (κ3) is 5.21. The highest BCUT2D eigenvalue weighted by molar-refractivity contribution is 7.91. The number of morpholine rings is 1. The highest BCUT2D eigenvalue weighted by atomic mass is 32.2. The summed E-state index contributed by atoms with van der Waals surface area (Å²) in [7, 11) is -2.34. The number of rotatable bonds is 7. The van der Waals surface area contributed by atoms with E-state index in [4.69, 9.17) is 9.47 Å². The highest BCUT2D eigenvalue weighted by Gasteiger charge is 2.28. The van der Waals surface area contributed by atoms with Gasteiger partial charge in [0, 0.05) is 18.0 Å². The largest absolute Gasteiger partial charge is 0.467 e. The van der Waals surface area contributed by atoms with Crippen molar-refractivity contribution in [2.24, 2.45) is 0 Å². The topological polar surface area (TPSA) is 102 Å². The van der Waals surface area contributed by atoms with E-state index in [1.165, 1.54) is 17.5 Å². The Hall–Kier alpha value is -2.27. The van der Waals surface area contributed by atoms with E-state index in [-0.39, 0.29) is 10.6 Å². The Kier molecular flexibility index (Phi) is 7.01. The first-order valence-electron chi connectivity index (χ1n) is 9.00. The molecule has 2 heterocycles. The Morgan fingerprint density at radius 1 is 1.17 bits per heavy atom. The molecule has 2 aromatic rings. The van der Waals surface area contributed by atoms with Crippen LogP contribution >= 0.6 is 11.3 Å². The SMILES string of the molecule is COC(=O)[C@H](NC(=O)Cc1ccc(S(=O)(=O)N2CCOCC2)s1)c1ccccc1. The van der Waals surface area contributed by atoms with Gasteiger partial charge in [-0.1, -0.05) is 30.3 Å². The maximum absolute atomic E-state index is 12.7. The van der Waals surface area contributed by atoms with E-state index >= 15 is 0 Å². The minimum atomic E-state index is -3.59. The Balaban J connectivity index is 1.68. The molecule has 156 valence electrons. The lowest BCUT2D eigenvalue weighted by Crippen LogP contribution is -2.40. The fourth-order valence-electron chi connectivity index (χ4n) is 2.92. The van der Waals surface area contributed by atoms with E-state index in [1.807, 2.05) is 6.07 Å². The van der Waals surface area contributed by atoms with Crippen LogP contribution in [0, 0.1) is 0 Å². The number of nitrogens with one attached hydrogen (secondary N) is 1. The molecule has 1 aliphatic rings. The molecule has 8 nitrogen and oxygen atoms in total. The summed E-state index contributed by atoms with van der Waals surface area (Å²) in [6.45, 7) is 1.37. The van der Waals surface area contributed by atoms with Crippen LogP contribution in [0.5, 0.6) is 0 Å². The fraction of sp³-hybridized carbons (Fsp3) is 0.368. The zero-order chi connectivity index (χ0) is 20.9. The van der Waals surface area contributed by atoms with E-state index in [0.717, 1.165) is 11.3 Å². The summed E-state index contributed by atoms with van der Waals surface area (Å²) in [5.41, 5.74) is 0.606. The van der Waals surface area contributed by atoms with Crippen molar-refractivity contribution in [2.75, 3.05) is 33.4 Å². The third-order valence-electron chi connectivity index (χ3n) is 4.41. The Morgan fingerprint density at radius 3 is 2.52 bits per heavy atom. The summed E-state index contributed by atoms with van der Waals surface area (Å²) in [6.07, 6.45) is -0.0381. The standard InChI is InChI=1S/C19H22N2O6S2/c1-26-19(23)18(14-5-3-2-4-6-14)20-16(22)13-15-7-8-17(28-15)29(24,25)21-9-11-27-12-10-21/h2-8,18H,9-13H2,1H3,(H,20,22)/t18-/m1/s1. The number of sulfonamides is 1. The highest BCUT2D eigenvalue weighted by Crippen LogP contribution is 2.26. The first-order valence-corrected chi connectivity index (χ1v) is 11.3. The maximum Gasteiger partial charge on any atom is 0.333 e. The second kappa shape index (κ2) is 9.49. The number of nitrogens with zero attached hydrogens (tertiary/aromatic N) is 1. The summed E-state index contributed by atoms with van der Waals surface area (Å²) in [6, 6.07) is 11.0. The van der Waals surface area contributed by atoms with Crippen LogP contribution in [-0.4, -0.2) is 58.0 Å². The molecule has 1 N–H and O–H groups in total. The predicted molar refractivity (Wildman–Crippen MR) is 107 cm³/mol. The molecular weight excluding hydrogens is 416 g/mol. The minimum absolute atomic E-state index is 0.0381. The van der Waals surface area contributed by atoms with Gasteiger partial charge in [0.15, 0.2) is 6.04 Å². The van der Waals surface area contributed by atoms with E-state index in [9.17, 15) is 18.0 Å². The van der Waals surface area contributed by atoms with Crippen LogP contribution in [0.3, 0.4) is 0 Å². The number of benzene rings is 1. The third-order valence-corrected chi connectivity index (χ3v) is 7.86. The van der Waals surface area contributed by atoms with Crippen molar-refractivity contribution < 1.29 is 27.5 Å². The number of ether oxygens (including phenoxy) is 2. The van der Waals surface area contributed by atoms with Gasteiger partial charge in [-0.05, 0) is 17.7 Å². The average molecular weight is 439 g/mol. The van der Waals surface area contributed by atoms with Crippen molar-refractivity contribution in [1.82, 2.24) is 9.62 Å². The number of carbonyl (C=O) groups is 2. The Labute approximate surface area is 173 Å². The van der Waals surface area contributed by atoms with Crippen LogP contribution in [0.15, 0.2) is 46.7 Å². The summed E-state index contributed by atoms with van der Waals surface area (Å²) in [5.74, 6) is -0.979. The molecule has 1 fully saturated rings. The number of hydrogen-bond acceptors (Lipinski definition) is 7. The molecule has 1 aliphatic heterocycles. The second-order valence-electron chi connectivity index (χ2n) is 6.35. The lowest BCUT2D eigenvalue weighted by atomic mass is 10.1. The van der Waals surface area contributed by atoms with Crippen molar-refractivity contribution in [3.8, 4) is 0 Å². The van der Waals surface area contributed by atoms with E-state index in [0.29, 0.717) is 36.7 Å². The fourth-order valence-corrected chi connectivity index (χ4v) is 5.83. The van der Waals surface area contributed by atoms with E-state index in [1.54, 1.807) is 30.3 Å². The van der Waals surface area contributed by atoms with Gasteiger partial charge < -0.3 is 14.8 Å². The van der Waals surface area contributed by atoms with Crippen LogP contribution in [0.1, 0.15) is 16.5 Å². The molecule has 0 saturated carbocycles. The quantitative estimate of drug-likeness (QED) is 0.655. The molecule has 3 rings (SSSR count). The van der Waals surface area contributed by atoms with Gasteiger partial charge in [-0.2, -0.15) is 4.31 Å². The molecular formula is C19H22N2O6S2. The lowest BCUT2D eigenvalue weighted by Gasteiger charge is -2.25. The van der Waals surface area contributed by atoms with Gasteiger partial charge >= 0.3 is 5.97 Å². The van der Waals surface area contributed by atoms with Gasteiger partial charge in [0.2, 0.25) is 5.91 Å². The summed E-state index contributed by atoms with van der Waals surface area (Å²) < 4.78 is 37.0. The number of esters is 1. The normalized spacial score (nSPS) is 16.2. The second-order valence-corrected chi connectivity index (χ2v) is 9.68. The first-order chi connectivity index (χ1) is 13.9. The van der Waals surface area contributed by atoms with Crippen LogP contribution in [-0.2, 0) is 35.5 Å². The Bertz CT molecular complexity index is 952. The van der Waals surface area contributed by atoms with Gasteiger partial charge in [0.1, 0.15) is 4.21 Å². The molecule has 1 saturated heterocycles. The van der Waals surface area contributed by atoms with Crippen molar-refractivity contribution >= 4 is 33.2 Å². The molecule has 0 radical (unpaired) electrons. The molecule has 10 heteroatoms. The predicted octanol–water partition coefficient (Wildman–Crippen LogP) is 1.34. The van der Waals surface area contributed by atoms with E-state index < -0.39 is 27.9 Å². The van der Waals surface area contributed by atoms with Crippen LogP contribution < -0.4 is 5.32 Å². The molecule has 1 aromatic heterocycles. The van der Waals surface area contributed by atoms with Crippen molar-refractivity contribution in [3.63, 3.8) is 0 Å². The van der Waals surface area contributed by atoms with Gasteiger partial charge in [0.25, 0.3) is 10.0 Å². The average Bonchev–Trinajstić information content (AvgIpc) is 3.22.